The van der Waals surface area contributed by atoms with E-state index in [1.807, 2.05) is 0 Å². The Hall–Kier alpha value is -1.72. The molecule has 2 heterocycles. The summed E-state index contributed by atoms with van der Waals surface area (Å²) in [6.07, 6.45) is -6.85. The molecule has 21 heavy (non-hydrogen) atoms. The molecule has 5 atom stereocenters. The van der Waals surface area contributed by atoms with E-state index in [9.17, 15) is 24.9 Å². The highest BCUT2D eigenvalue weighted by Crippen LogP contribution is 2.21. The van der Waals surface area contributed by atoms with Crippen molar-refractivity contribution in [1.29, 1.82) is 0 Å². The number of aromatic amines is 1. The van der Waals surface area contributed by atoms with Gasteiger partial charge in [-0.05, 0) is 0 Å². The van der Waals surface area contributed by atoms with Crippen LogP contribution >= 0.6 is 0 Å². The summed E-state index contributed by atoms with van der Waals surface area (Å²) in [6, 6.07) is 1.07. The number of aromatic nitrogens is 2. The molecule has 0 aromatic carbocycles. The minimum atomic E-state index is -1.55. The summed E-state index contributed by atoms with van der Waals surface area (Å²) >= 11 is 0. The van der Waals surface area contributed by atoms with Crippen LogP contribution in [0.5, 0.6) is 0 Å². The van der Waals surface area contributed by atoms with Crippen LogP contribution in [0.2, 0.25) is 0 Å². The van der Waals surface area contributed by atoms with E-state index in [0.717, 1.165) is 10.6 Å². The molecule has 0 bridgehead atoms. The molecule has 1 aliphatic heterocycles. The van der Waals surface area contributed by atoms with Gasteiger partial charge in [0.05, 0.1) is 6.61 Å². The quantitative estimate of drug-likeness (QED) is 0.333. The minimum Gasteiger partial charge on any atom is -0.394 e. The number of rotatable bonds is 3. The van der Waals surface area contributed by atoms with Gasteiger partial charge in [0.15, 0.2) is 6.23 Å². The van der Waals surface area contributed by atoms with Crippen molar-refractivity contribution in [2.24, 2.45) is 7.05 Å². The van der Waals surface area contributed by atoms with Gasteiger partial charge in [0.2, 0.25) is 0 Å². The zero-order valence-corrected chi connectivity index (χ0v) is 11.1. The first-order valence-corrected chi connectivity index (χ1v) is 6.22. The molecule has 0 aliphatic carbocycles. The Morgan fingerprint density at radius 1 is 1.29 bits per heavy atom. The molecule has 2 rings (SSSR count). The molecule has 118 valence electrons. The standard InChI is InChI=1S/C11H17N3O7/c1-14-6(16)2-5(13-11(14)20)12-10-9(19)8(18)7(17)4(3-15)21-10/h2,4,7-10,12,15,17-19H,3H2,1H3,(H,13,20). The van der Waals surface area contributed by atoms with Crippen molar-refractivity contribution in [2.75, 3.05) is 11.9 Å². The Balaban J connectivity index is 2.22. The van der Waals surface area contributed by atoms with Gasteiger partial charge in [-0.15, -0.1) is 0 Å². The van der Waals surface area contributed by atoms with E-state index in [1.165, 1.54) is 7.05 Å². The van der Waals surface area contributed by atoms with Gasteiger partial charge in [-0.25, -0.2) is 4.79 Å². The van der Waals surface area contributed by atoms with Crippen molar-refractivity contribution in [3.05, 3.63) is 26.9 Å². The fourth-order valence-electron chi connectivity index (χ4n) is 2.01. The second-order valence-electron chi connectivity index (χ2n) is 4.78. The number of hydrogen-bond donors (Lipinski definition) is 6. The highest BCUT2D eigenvalue weighted by molar-refractivity contribution is 5.33. The fraction of sp³-hybridized carbons (Fsp3) is 0.636. The lowest BCUT2D eigenvalue weighted by atomic mass is 9.98. The second-order valence-corrected chi connectivity index (χ2v) is 4.78. The summed E-state index contributed by atoms with van der Waals surface area (Å²) in [5.41, 5.74) is -1.25. The summed E-state index contributed by atoms with van der Waals surface area (Å²) < 4.78 is 6.04. The summed E-state index contributed by atoms with van der Waals surface area (Å²) in [4.78, 5) is 25.3. The normalized spacial score (nSPS) is 32.9. The van der Waals surface area contributed by atoms with E-state index in [1.54, 1.807) is 0 Å². The molecule has 0 radical (unpaired) electrons. The van der Waals surface area contributed by atoms with Crippen LogP contribution in [-0.2, 0) is 11.8 Å². The number of anilines is 1. The van der Waals surface area contributed by atoms with Crippen LogP contribution in [0.3, 0.4) is 0 Å². The average molecular weight is 303 g/mol. The lowest BCUT2D eigenvalue weighted by Gasteiger charge is -2.40. The maximum absolute atomic E-state index is 11.5. The van der Waals surface area contributed by atoms with Crippen LogP contribution < -0.4 is 16.6 Å². The number of aliphatic hydroxyl groups excluding tert-OH is 4. The Bertz CT molecular complexity index is 579. The van der Waals surface area contributed by atoms with Crippen molar-refractivity contribution in [2.45, 2.75) is 30.6 Å². The molecule has 1 saturated heterocycles. The van der Waals surface area contributed by atoms with Crippen molar-refractivity contribution < 1.29 is 25.2 Å². The molecule has 0 spiro atoms. The van der Waals surface area contributed by atoms with Gasteiger partial charge >= 0.3 is 5.69 Å². The van der Waals surface area contributed by atoms with Crippen molar-refractivity contribution in [3.8, 4) is 0 Å². The summed E-state index contributed by atoms with van der Waals surface area (Å²) in [5.74, 6) is -0.0209. The zero-order chi connectivity index (χ0) is 15.7. The van der Waals surface area contributed by atoms with Gasteiger partial charge in [-0.1, -0.05) is 0 Å². The lowest BCUT2D eigenvalue weighted by molar-refractivity contribution is -0.221. The number of H-pyrrole nitrogens is 1. The van der Waals surface area contributed by atoms with Gasteiger partial charge in [0.25, 0.3) is 5.56 Å². The Morgan fingerprint density at radius 3 is 2.52 bits per heavy atom. The van der Waals surface area contributed by atoms with Crippen LogP contribution in [0.1, 0.15) is 0 Å². The highest BCUT2D eigenvalue weighted by Gasteiger charge is 2.43. The SMILES string of the molecule is Cn1c(=O)cc(NC2OC(CO)C(O)C(O)C2O)[nH]c1=O. The smallest absolute Gasteiger partial charge is 0.329 e. The van der Waals surface area contributed by atoms with Gasteiger partial charge in [-0.2, -0.15) is 0 Å². The number of ether oxygens (including phenoxy) is 1. The summed E-state index contributed by atoms with van der Waals surface area (Å²) in [7, 11) is 1.29. The predicted molar refractivity (Wildman–Crippen MR) is 69.7 cm³/mol. The molecule has 1 fully saturated rings. The van der Waals surface area contributed by atoms with E-state index >= 15 is 0 Å². The lowest BCUT2D eigenvalue weighted by Crippen LogP contribution is -2.60. The number of nitrogens with zero attached hydrogens (tertiary/aromatic N) is 1. The van der Waals surface area contributed by atoms with Crippen LogP contribution in [0.4, 0.5) is 5.82 Å². The average Bonchev–Trinajstić information content (AvgIpc) is 2.45. The molecule has 0 saturated carbocycles. The van der Waals surface area contributed by atoms with Gasteiger partial charge in [0, 0.05) is 13.1 Å². The van der Waals surface area contributed by atoms with Gasteiger partial charge in [-0.3, -0.25) is 14.3 Å². The Kier molecular flexibility index (Phi) is 4.44. The highest BCUT2D eigenvalue weighted by atomic mass is 16.6. The van der Waals surface area contributed by atoms with Crippen LogP contribution in [0.15, 0.2) is 15.7 Å². The number of hydrogen-bond acceptors (Lipinski definition) is 8. The number of aliphatic hydroxyl groups is 4. The van der Waals surface area contributed by atoms with Gasteiger partial charge in [0.1, 0.15) is 30.2 Å². The molecule has 0 amide bonds. The van der Waals surface area contributed by atoms with Crippen LogP contribution in [0, 0.1) is 0 Å². The maximum atomic E-state index is 11.5. The summed E-state index contributed by atoms with van der Waals surface area (Å²) in [6.45, 7) is -0.573. The molecule has 1 aromatic heterocycles. The number of nitrogens with one attached hydrogen (secondary N) is 2. The fourth-order valence-corrected chi connectivity index (χ4v) is 2.01. The molecule has 1 aliphatic rings. The third kappa shape index (κ3) is 2.99. The van der Waals surface area contributed by atoms with Crippen molar-refractivity contribution in [1.82, 2.24) is 9.55 Å². The van der Waals surface area contributed by atoms with E-state index < -0.39 is 48.5 Å². The summed E-state index contributed by atoms with van der Waals surface area (Å²) in [5, 5.41) is 40.7. The first-order chi connectivity index (χ1) is 9.85. The minimum absolute atomic E-state index is 0.0209. The molecular weight excluding hydrogens is 286 g/mol. The first kappa shape index (κ1) is 15.7. The molecule has 1 aromatic rings. The first-order valence-electron chi connectivity index (χ1n) is 6.22. The predicted octanol–water partition coefficient (Wildman–Crippen LogP) is -3.71. The second kappa shape index (κ2) is 5.95. The largest absolute Gasteiger partial charge is 0.394 e. The van der Waals surface area contributed by atoms with Gasteiger partial charge < -0.3 is 30.5 Å². The van der Waals surface area contributed by atoms with Crippen LogP contribution in [-0.4, -0.2) is 67.2 Å². The molecule has 6 N–H and O–H groups in total. The van der Waals surface area contributed by atoms with Crippen LogP contribution in [0.25, 0.3) is 0 Å². The third-order valence-corrected chi connectivity index (χ3v) is 3.33. The van der Waals surface area contributed by atoms with E-state index in [0.29, 0.717) is 0 Å². The van der Waals surface area contributed by atoms with Crippen molar-refractivity contribution >= 4 is 5.82 Å². The third-order valence-electron chi connectivity index (χ3n) is 3.33. The Morgan fingerprint density at radius 2 is 1.95 bits per heavy atom. The molecule has 10 nitrogen and oxygen atoms in total. The van der Waals surface area contributed by atoms with Crippen molar-refractivity contribution in [3.63, 3.8) is 0 Å². The Labute approximate surface area is 118 Å². The molecule has 10 heteroatoms. The molecule has 5 unspecified atom stereocenters. The topological polar surface area (TPSA) is 157 Å². The van der Waals surface area contributed by atoms with E-state index in [-0.39, 0.29) is 5.82 Å². The maximum Gasteiger partial charge on any atom is 0.329 e. The molecular formula is C11H17N3O7. The van der Waals surface area contributed by atoms with E-state index in [4.69, 9.17) is 9.84 Å². The monoisotopic (exact) mass is 303 g/mol. The zero-order valence-electron chi connectivity index (χ0n) is 11.1. The van der Waals surface area contributed by atoms with E-state index in [2.05, 4.69) is 10.3 Å².